The predicted octanol–water partition coefficient (Wildman–Crippen LogP) is -0.747. The van der Waals surface area contributed by atoms with Crippen LogP contribution in [0.2, 0.25) is 0 Å². The molecule has 0 bridgehead atoms. The molecule has 9 heteroatoms. The smallest absolute Gasteiger partial charge is 0.326 e. The molecule has 1 aliphatic heterocycles. The predicted molar refractivity (Wildman–Crippen MR) is 101 cm³/mol. The Morgan fingerprint density at radius 2 is 1.89 bits per heavy atom. The van der Waals surface area contributed by atoms with Crippen molar-refractivity contribution < 1.29 is 24.3 Å². The highest BCUT2D eigenvalue weighted by atomic mass is 16.4. The Bertz CT molecular complexity index is 724. The Kier molecular flexibility index (Phi) is 7.51. The van der Waals surface area contributed by atoms with Crippen LogP contribution in [0, 0.1) is 0 Å². The van der Waals surface area contributed by atoms with E-state index in [1.54, 1.807) is 24.3 Å². The van der Waals surface area contributed by atoms with Gasteiger partial charge in [0.25, 0.3) is 0 Å². The highest BCUT2D eigenvalue weighted by Crippen LogP contribution is 2.17. The molecule has 3 amide bonds. The lowest BCUT2D eigenvalue weighted by Gasteiger charge is -2.25. The summed E-state index contributed by atoms with van der Waals surface area (Å²) in [5, 5.41) is 14.4. The molecule has 1 aromatic carbocycles. The third kappa shape index (κ3) is 5.53. The molecule has 0 aliphatic carbocycles. The van der Waals surface area contributed by atoms with Gasteiger partial charge in [-0.15, -0.1) is 0 Å². The van der Waals surface area contributed by atoms with E-state index >= 15 is 0 Å². The van der Waals surface area contributed by atoms with Gasteiger partial charge in [-0.3, -0.25) is 14.4 Å². The van der Waals surface area contributed by atoms with Crippen LogP contribution in [0.3, 0.4) is 0 Å². The molecule has 1 aromatic rings. The molecule has 0 aromatic heterocycles. The molecule has 9 nitrogen and oxygen atoms in total. The molecule has 0 saturated carbocycles. The average Bonchev–Trinajstić information content (AvgIpc) is 3.17. The summed E-state index contributed by atoms with van der Waals surface area (Å²) >= 11 is 0. The first kappa shape index (κ1) is 21.4. The van der Waals surface area contributed by atoms with Crippen molar-refractivity contribution in [1.29, 1.82) is 0 Å². The number of aliphatic carboxylic acids is 1. The second-order valence-electron chi connectivity index (χ2n) is 6.77. The fraction of sp³-hybridized carbons (Fsp3) is 0.474. The van der Waals surface area contributed by atoms with Crippen LogP contribution in [0.15, 0.2) is 30.3 Å². The molecule has 1 heterocycles. The van der Waals surface area contributed by atoms with Gasteiger partial charge in [0, 0.05) is 13.0 Å². The lowest BCUT2D eigenvalue weighted by Crippen LogP contribution is -2.55. The highest BCUT2D eigenvalue weighted by molar-refractivity contribution is 5.93. The van der Waals surface area contributed by atoms with Crippen LogP contribution < -0.4 is 16.4 Å². The van der Waals surface area contributed by atoms with Crippen molar-refractivity contribution in [3.8, 4) is 0 Å². The summed E-state index contributed by atoms with van der Waals surface area (Å²) < 4.78 is 0. The molecule has 2 rings (SSSR count). The fourth-order valence-electron chi connectivity index (χ4n) is 3.18. The van der Waals surface area contributed by atoms with Crippen molar-refractivity contribution in [3.63, 3.8) is 0 Å². The SMILES string of the molecule is C[C@H](NC(=O)[C@@H]1CCCN1C(=O)CN)C(=O)N[C@@H](Cc1ccccc1)C(=O)O. The molecule has 1 fully saturated rings. The molecule has 152 valence electrons. The van der Waals surface area contributed by atoms with E-state index < -0.39 is 35.9 Å². The zero-order valence-corrected chi connectivity index (χ0v) is 15.8. The molecule has 5 N–H and O–H groups in total. The molecular formula is C19H26N4O5. The van der Waals surface area contributed by atoms with Gasteiger partial charge in [0.2, 0.25) is 17.7 Å². The molecule has 3 atom stereocenters. The topological polar surface area (TPSA) is 142 Å². The van der Waals surface area contributed by atoms with Crippen molar-refractivity contribution in [2.75, 3.05) is 13.1 Å². The van der Waals surface area contributed by atoms with E-state index in [0.717, 1.165) is 5.56 Å². The Morgan fingerprint density at radius 1 is 1.21 bits per heavy atom. The van der Waals surface area contributed by atoms with Crippen molar-refractivity contribution in [3.05, 3.63) is 35.9 Å². The van der Waals surface area contributed by atoms with Gasteiger partial charge in [0.05, 0.1) is 6.54 Å². The monoisotopic (exact) mass is 390 g/mol. The van der Waals surface area contributed by atoms with Gasteiger partial charge < -0.3 is 26.4 Å². The van der Waals surface area contributed by atoms with E-state index in [2.05, 4.69) is 10.6 Å². The summed E-state index contributed by atoms with van der Waals surface area (Å²) in [4.78, 5) is 49.6. The highest BCUT2D eigenvalue weighted by Gasteiger charge is 2.34. The van der Waals surface area contributed by atoms with Crippen LogP contribution in [-0.2, 0) is 25.6 Å². The van der Waals surface area contributed by atoms with Crippen molar-refractivity contribution in [2.45, 2.75) is 44.3 Å². The summed E-state index contributed by atoms with van der Waals surface area (Å²) in [5.74, 6) is -2.53. The van der Waals surface area contributed by atoms with E-state index in [1.165, 1.54) is 11.8 Å². The summed E-state index contributed by atoms with van der Waals surface area (Å²) in [6.07, 6.45) is 1.31. The number of likely N-dealkylation sites (tertiary alicyclic amines) is 1. The molecule has 1 saturated heterocycles. The van der Waals surface area contributed by atoms with Crippen LogP contribution in [0.1, 0.15) is 25.3 Å². The number of carboxylic acids is 1. The third-order valence-corrected chi connectivity index (χ3v) is 4.70. The van der Waals surface area contributed by atoms with Gasteiger partial charge in [-0.1, -0.05) is 30.3 Å². The van der Waals surface area contributed by atoms with Gasteiger partial charge in [-0.2, -0.15) is 0 Å². The number of hydrogen-bond acceptors (Lipinski definition) is 5. The number of nitrogens with two attached hydrogens (primary N) is 1. The second-order valence-corrected chi connectivity index (χ2v) is 6.77. The normalized spacial score (nSPS) is 18.2. The maximum atomic E-state index is 12.5. The lowest BCUT2D eigenvalue weighted by molar-refractivity contribution is -0.142. The van der Waals surface area contributed by atoms with Crippen molar-refractivity contribution in [2.24, 2.45) is 5.73 Å². The summed E-state index contributed by atoms with van der Waals surface area (Å²) in [5.41, 5.74) is 6.14. The maximum absolute atomic E-state index is 12.5. The maximum Gasteiger partial charge on any atom is 0.326 e. The summed E-state index contributed by atoms with van der Waals surface area (Å²) in [6.45, 7) is 1.74. The molecule has 0 spiro atoms. The number of carboxylic acid groups (broad SMARTS) is 1. The number of hydrogen-bond donors (Lipinski definition) is 4. The van der Waals surface area contributed by atoms with Crippen LogP contribution in [0.4, 0.5) is 0 Å². The number of carbonyl (C=O) groups is 4. The first-order valence-electron chi connectivity index (χ1n) is 9.20. The Labute approximate surface area is 163 Å². The number of nitrogens with zero attached hydrogens (tertiary/aromatic N) is 1. The first-order valence-corrected chi connectivity index (χ1v) is 9.20. The standard InChI is InChI=1S/C19H26N4O5/c1-12(21-18(26)15-8-5-9-23(15)16(24)11-20)17(25)22-14(19(27)28)10-13-6-3-2-4-7-13/h2-4,6-7,12,14-15H,5,8-11,20H2,1H3,(H,21,26)(H,22,25)(H,27,28)/t12-,14-,15-/m0/s1. The largest absolute Gasteiger partial charge is 0.480 e. The lowest BCUT2D eigenvalue weighted by atomic mass is 10.1. The number of nitrogens with one attached hydrogen (secondary N) is 2. The zero-order valence-electron chi connectivity index (χ0n) is 15.8. The molecule has 1 aliphatic rings. The van der Waals surface area contributed by atoms with Crippen LogP contribution in [-0.4, -0.2) is 64.9 Å². The Balaban J connectivity index is 1.94. The van der Waals surface area contributed by atoms with Crippen LogP contribution in [0.5, 0.6) is 0 Å². The van der Waals surface area contributed by atoms with Crippen molar-refractivity contribution in [1.82, 2.24) is 15.5 Å². The van der Waals surface area contributed by atoms with Gasteiger partial charge in [0.15, 0.2) is 0 Å². The molecular weight excluding hydrogens is 364 g/mol. The number of rotatable bonds is 8. The van der Waals surface area contributed by atoms with Crippen molar-refractivity contribution >= 4 is 23.7 Å². The third-order valence-electron chi connectivity index (χ3n) is 4.70. The van der Waals surface area contributed by atoms with E-state index in [1.807, 2.05) is 6.07 Å². The van der Waals surface area contributed by atoms with Gasteiger partial charge in [-0.05, 0) is 25.3 Å². The van der Waals surface area contributed by atoms with Crippen LogP contribution >= 0.6 is 0 Å². The Hall–Kier alpha value is -2.94. The minimum atomic E-state index is -1.16. The van der Waals surface area contributed by atoms with E-state index in [9.17, 15) is 24.3 Å². The van der Waals surface area contributed by atoms with E-state index in [-0.39, 0.29) is 18.9 Å². The average molecular weight is 390 g/mol. The van der Waals surface area contributed by atoms with E-state index in [0.29, 0.717) is 19.4 Å². The minimum absolute atomic E-state index is 0.129. The van der Waals surface area contributed by atoms with E-state index in [4.69, 9.17) is 5.73 Å². The number of amides is 3. The Morgan fingerprint density at radius 3 is 2.50 bits per heavy atom. The van der Waals surface area contributed by atoms with Gasteiger partial charge in [0.1, 0.15) is 18.1 Å². The quantitative estimate of drug-likeness (QED) is 0.460. The molecule has 0 radical (unpaired) electrons. The first-order chi connectivity index (χ1) is 13.3. The van der Waals surface area contributed by atoms with Gasteiger partial charge >= 0.3 is 5.97 Å². The number of benzene rings is 1. The molecule has 28 heavy (non-hydrogen) atoms. The second kappa shape index (κ2) is 9.84. The number of carbonyl (C=O) groups excluding carboxylic acids is 3. The summed E-state index contributed by atoms with van der Waals surface area (Å²) in [7, 11) is 0. The summed E-state index contributed by atoms with van der Waals surface area (Å²) in [6, 6.07) is 6.22. The molecule has 0 unspecified atom stereocenters. The van der Waals surface area contributed by atoms with Gasteiger partial charge in [-0.25, -0.2) is 4.79 Å². The minimum Gasteiger partial charge on any atom is -0.480 e. The van der Waals surface area contributed by atoms with Crippen LogP contribution in [0.25, 0.3) is 0 Å². The fourth-order valence-corrected chi connectivity index (χ4v) is 3.18. The zero-order chi connectivity index (χ0) is 20.7.